The van der Waals surface area contributed by atoms with Gasteiger partial charge in [-0.2, -0.15) is 4.31 Å². The van der Waals surface area contributed by atoms with Gasteiger partial charge in [0.05, 0.1) is 4.90 Å². The van der Waals surface area contributed by atoms with Crippen molar-refractivity contribution in [1.82, 2.24) is 4.31 Å². The quantitative estimate of drug-likeness (QED) is 0.859. The van der Waals surface area contributed by atoms with Gasteiger partial charge in [0.2, 0.25) is 10.0 Å². The van der Waals surface area contributed by atoms with Crippen LogP contribution in [0.25, 0.3) is 0 Å². The molecule has 0 aromatic heterocycles. The molecule has 1 heterocycles. The van der Waals surface area contributed by atoms with E-state index in [9.17, 15) is 13.2 Å². The van der Waals surface area contributed by atoms with Crippen LogP contribution in [0, 0.1) is 13.8 Å². The van der Waals surface area contributed by atoms with Gasteiger partial charge in [0.1, 0.15) is 0 Å². The molecule has 0 bridgehead atoms. The fraction of sp³-hybridized carbons (Fsp3) is 0.381. The highest BCUT2D eigenvalue weighted by molar-refractivity contribution is 7.89. The Balaban J connectivity index is 1.88. The number of nitrogens with one attached hydrogen (secondary N) is 1. The third-order valence-corrected chi connectivity index (χ3v) is 7.06. The van der Waals surface area contributed by atoms with E-state index in [4.69, 9.17) is 0 Å². The van der Waals surface area contributed by atoms with Crippen LogP contribution in [0.1, 0.15) is 47.2 Å². The van der Waals surface area contributed by atoms with Crippen molar-refractivity contribution in [3.05, 3.63) is 59.2 Å². The summed E-state index contributed by atoms with van der Waals surface area (Å²) in [6.45, 7) is 4.78. The van der Waals surface area contributed by atoms with E-state index >= 15 is 0 Å². The lowest BCUT2D eigenvalue weighted by atomic mass is 10.1. The van der Waals surface area contributed by atoms with Crippen LogP contribution in [0.5, 0.6) is 0 Å². The minimum atomic E-state index is -3.57. The first-order valence-electron chi connectivity index (χ1n) is 9.37. The number of sulfonamides is 1. The molecule has 0 atom stereocenters. The Morgan fingerprint density at radius 3 is 2.26 bits per heavy atom. The number of aryl methyl sites for hydroxylation is 2. The van der Waals surface area contributed by atoms with Gasteiger partial charge >= 0.3 is 0 Å². The molecule has 2 aromatic rings. The zero-order valence-electron chi connectivity index (χ0n) is 15.9. The zero-order valence-corrected chi connectivity index (χ0v) is 16.7. The lowest BCUT2D eigenvalue weighted by Gasteiger charge is -2.21. The SMILES string of the molecule is Cc1ccccc1C(=O)Nc1ccc(C)c(S(=O)(=O)N2CCCCCC2)c1. The van der Waals surface area contributed by atoms with Crippen molar-refractivity contribution in [1.29, 1.82) is 0 Å². The third kappa shape index (κ3) is 4.39. The second-order valence-corrected chi connectivity index (χ2v) is 8.97. The van der Waals surface area contributed by atoms with Crippen LogP contribution in [-0.4, -0.2) is 31.7 Å². The van der Waals surface area contributed by atoms with Crippen molar-refractivity contribution in [2.75, 3.05) is 18.4 Å². The minimum absolute atomic E-state index is 0.241. The molecule has 2 aromatic carbocycles. The van der Waals surface area contributed by atoms with Crippen molar-refractivity contribution in [2.45, 2.75) is 44.4 Å². The Bertz CT molecular complexity index is 930. The van der Waals surface area contributed by atoms with Crippen LogP contribution in [0.3, 0.4) is 0 Å². The molecule has 0 spiro atoms. The summed E-state index contributed by atoms with van der Waals surface area (Å²) in [6.07, 6.45) is 3.92. The summed E-state index contributed by atoms with van der Waals surface area (Å²) < 4.78 is 27.9. The molecule has 144 valence electrons. The molecule has 6 heteroatoms. The van der Waals surface area contributed by atoms with Gasteiger partial charge in [-0.05, 0) is 56.0 Å². The molecule has 0 saturated carbocycles. The number of amides is 1. The number of benzene rings is 2. The number of hydrogen-bond donors (Lipinski definition) is 1. The molecule has 27 heavy (non-hydrogen) atoms. The third-order valence-electron chi connectivity index (χ3n) is 5.02. The van der Waals surface area contributed by atoms with Gasteiger partial charge in [0, 0.05) is 24.3 Å². The average molecular weight is 387 g/mol. The molecular weight excluding hydrogens is 360 g/mol. The van der Waals surface area contributed by atoms with Crippen molar-refractivity contribution in [3.63, 3.8) is 0 Å². The maximum Gasteiger partial charge on any atom is 0.255 e. The summed E-state index contributed by atoms with van der Waals surface area (Å²) in [6, 6.07) is 12.4. The predicted octanol–water partition coefficient (Wildman–Crippen LogP) is 4.12. The maximum atomic E-state index is 13.1. The fourth-order valence-corrected chi connectivity index (χ4v) is 5.17. The highest BCUT2D eigenvalue weighted by Crippen LogP contribution is 2.26. The van der Waals surface area contributed by atoms with Crippen LogP contribution in [0.15, 0.2) is 47.4 Å². The Kier molecular flexibility index (Phi) is 5.97. The van der Waals surface area contributed by atoms with Crippen LogP contribution in [-0.2, 0) is 10.0 Å². The largest absolute Gasteiger partial charge is 0.322 e. The molecule has 1 N–H and O–H groups in total. The topological polar surface area (TPSA) is 66.5 Å². The van der Waals surface area contributed by atoms with Gasteiger partial charge in [-0.25, -0.2) is 8.42 Å². The van der Waals surface area contributed by atoms with E-state index in [0.29, 0.717) is 29.9 Å². The number of carbonyl (C=O) groups excluding carboxylic acids is 1. The van der Waals surface area contributed by atoms with Crippen molar-refractivity contribution >= 4 is 21.6 Å². The van der Waals surface area contributed by atoms with Crippen molar-refractivity contribution in [3.8, 4) is 0 Å². The number of nitrogens with zero attached hydrogens (tertiary/aromatic N) is 1. The lowest BCUT2D eigenvalue weighted by Crippen LogP contribution is -2.32. The van der Waals surface area contributed by atoms with E-state index in [2.05, 4.69) is 5.32 Å². The Hall–Kier alpha value is -2.18. The van der Waals surface area contributed by atoms with E-state index in [1.165, 1.54) is 0 Å². The molecule has 0 unspecified atom stereocenters. The number of rotatable bonds is 4. The monoisotopic (exact) mass is 386 g/mol. The molecule has 1 fully saturated rings. The summed E-state index contributed by atoms with van der Waals surface area (Å²) in [4.78, 5) is 12.8. The van der Waals surface area contributed by atoms with Gasteiger partial charge < -0.3 is 5.32 Å². The Labute approximate surface area is 161 Å². The molecule has 3 rings (SSSR count). The van der Waals surface area contributed by atoms with E-state index in [1.807, 2.05) is 25.1 Å². The standard InChI is InChI=1S/C21H26N2O3S/c1-16-9-5-6-10-19(16)21(24)22-18-12-11-17(2)20(15-18)27(25,26)23-13-7-3-4-8-14-23/h5-6,9-12,15H,3-4,7-8,13-14H2,1-2H3,(H,22,24). The number of anilines is 1. The van der Waals surface area contributed by atoms with E-state index in [0.717, 1.165) is 31.2 Å². The molecule has 1 aliphatic rings. The first kappa shape index (κ1) is 19.6. The molecule has 0 aliphatic carbocycles. The van der Waals surface area contributed by atoms with Crippen LogP contribution >= 0.6 is 0 Å². The second-order valence-electron chi connectivity index (χ2n) is 7.07. The number of carbonyl (C=O) groups is 1. The molecular formula is C21H26N2O3S. The zero-order chi connectivity index (χ0) is 19.4. The fourth-order valence-electron chi connectivity index (χ4n) is 3.40. The normalized spacial score (nSPS) is 15.9. The summed E-state index contributed by atoms with van der Waals surface area (Å²) >= 11 is 0. The molecule has 1 amide bonds. The van der Waals surface area contributed by atoms with Crippen LogP contribution in [0.4, 0.5) is 5.69 Å². The van der Waals surface area contributed by atoms with E-state index in [1.54, 1.807) is 35.5 Å². The van der Waals surface area contributed by atoms with E-state index < -0.39 is 10.0 Å². The highest BCUT2D eigenvalue weighted by atomic mass is 32.2. The highest BCUT2D eigenvalue weighted by Gasteiger charge is 2.27. The first-order valence-corrected chi connectivity index (χ1v) is 10.8. The number of hydrogen-bond acceptors (Lipinski definition) is 3. The molecule has 1 saturated heterocycles. The van der Waals surface area contributed by atoms with Gasteiger partial charge in [0.25, 0.3) is 5.91 Å². The first-order chi connectivity index (χ1) is 12.9. The van der Waals surface area contributed by atoms with Gasteiger partial charge in [0.15, 0.2) is 0 Å². The minimum Gasteiger partial charge on any atom is -0.322 e. The summed E-state index contributed by atoms with van der Waals surface area (Å²) in [5.74, 6) is -0.241. The Morgan fingerprint density at radius 1 is 0.926 bits per heavy atom. The van der Waals surface area contributed by atoms with Crippen LogP contribution < -0.4 is 5.32 Å². The Morgan fingerprint density at radius 2 is 1.59 bits per heavy atom. The van der Waals surface area contributed by atoms with Gasteiger partial charge in [-0.3, -0.25) is 4.79 Å². The van der Waals surface area contributed by atoms with Gasteiger partial charge in [-0.15, -0.1) is 0 Å². The summed E-state index contributed by atoms with van der Waals surface area (Å²) in [5, 5.41) is 2.83. The molecule has 0 radical (unpaired) electrons. The van der Waals surface area contributed by atoms with Gasteiger partial charge in [-0.1, -0.05) is 37.1 Å². The predicted molar refractivity (Wildman–Crippen MR) is 108 cm³/mol. The molecule has 1 aliphatic heterocycles. The smallest absolute Gasteiger partial charge is 0.255 e. The van der Waals surface area contributed by atoms with Crippen molar-refractivity contribution < 1.29 is 13.2 Å². The maximum absolute atomic E-state index is 13.1. The van der Waals surface area contributed by atoms with Crippen LogP contribution in [0.2, 0.25) is 0 Å². The average Bonchev–Trinajstić information content (AvgIpc) is 2.93. The lowest BCUT2D eigenvalue weighted by molar-refractivity contribution is 0.102. The molecule has 5 nitrogen and oxygen atoms in total. The summed E-state index contributed by atoms with van der Waals surface area (Å²) in [7, 11) is -3.57. The van der Waals surface area contributed by atoms with Crippen molar-refractivity contribution in [2.24, 2.45) is 0 Å². The van der Waals surface area contributed by atoms with E-state index in [-0.39, 0.29) is 10.8 Å². The second kappa shape index (κ2) is 8.23. The summed E-state index contributed by atoms with van der Waals surface area (Å²) in [5.41, 5.74) is 2.63.